The molecule has 21 heavy (non-hydrogen) atoms. The van der Waals surface area contributed by atoms with Crippen molar-refractivity contribution in [3.63, 3.8) is 0 Å². The van der Waals surface area contributed by atoms with Gasteiger partial charge in [-0.3, -0.25) is 0 Å². The molecule has 0 aliphatic carbocycles. The van der Waals surface area contributed by atoms with Gasteiger partial charge in [-0.25, -0.2) is 4.99 Å². The van der Waals surface area contributed by atoms with Gasteiger partial charge in [-0.1, -0.05) is 12.1 Å². The lowest BCUT2D eigenvalue weighted by molar-refractivity contribution is 0.204. The molecule has 0 unspecified atom stereocenters. The Labute approximate surface area is 143 Å². The number of aliphatic imine (C=N–C) groups is 1. The molecule has 0 aromatic heterocycles. The molecule has 0 radical (unpaired) electrons. The predicted molar refractivity (Wildman–Crippen MR) is 97.4 cm³/mol. The van der Waals surface area contributed by atoms with Gasteiger partial charge >= 0.3 is 0 Å². The number of nitrogens with two attached hydrogens (primary N) is 1. The van der Waals surface area contributed by atoms with E-state index in [1.165, 1.54) is 0 Å². The molecule has 0 aliphatic rings. The summed E-state index contributed by atoms with van der Waals surface area (Å²) in [4.78, 5) is 4.26. The van der Waals surface area contributed by atoms with Crippen LogP contribution in [0.25, 0.3) is 0 Å². The Morgan fingerprint density at radius 2 is 1.71 bits per heavy atom. The predicted octanol–water partition coefficient (Wildman–Crippen LogP) is 1.41. The molecular formula is C14H25IN4O2. The minimum atomic E-state index is 0. The molecule has 0 bridgehead atoms. The van der Waals surface area contributed by atoms with Crippen molar-refractivity contribution >= 4 is 35.6 Å². The first-order valence-electron chi connectivity index (χ1n) is 6.60. The minimum absolute atomic E-state index is 0. The fourth-order valence-corrected chi connectivity index (χ4v) is 1.54. The van der Waals surface area contributed by atoms with Crippen molar-refractivity contribution in [2.75, 3.05) is 45.8 Å². The first-order chi connectivity index (χ1) is 9.76. The van der Waals surface area contributed by atoms with E-state index in [-0.39, 0.29) is 24.0 Å². The summed E-state index contributed by atoms with van der Waals surface area (Å²) in [6.07, 6.45) is 0. The van der Waals surface area contributed by atoms with Gasteiger partial charge in [0.25, 0.3) is 0 Å². The normalized spacial score (nSPS) is 10.9. The molecule has 4 N–H and O–H groups in total. The highest BCUT2D eigenvalue weighted by atomic mass is 127. The second-order valence-electron chi connectivity index (χ2n) is 4.24. The van der Waals surface area contributed by atoms with Crippen molar-refractivity contribution in [3.8, 4) is 0 Å². The Morgan fingerprint density at radius 3 is 2.33 bits per heavy atom. The van der Waals surface area contributed by atoms with Crippen molar-refractivity contribution < 1.29 is 9.47 Å². The summed E-state index contributed by atoms with van der Waals surface area (Å²) in [5, 5.41) is 6.24. The average molecular weight is 408 g/mol. The number of nitrogens with zero attached hydrogens (tertiary/aromatic N) is 1. The maximum absolute atomic E-state index is 5.73. The van der Waals surface area contributed by atoms with Gasteiger partial charge in [0.1, 0.15) is 0 Å². The summed E-state index contributed by atoms with van der Waals surface area (Å²) < 4.78 is 9.90. The van der Waals surface area contributed by atoms with E-state index < -0.39 is 0 Å². The maximum Gasteiger partial charge on any atom is 0.188 e. The van der Waals surface area contributed by atoms with Crippen LogP contribution in [0.1, 0.15) is 5.56 Å². The van der Waals surface area contributed by atoms with Crippen LogP contribution in [0.5, 0.6) is 0 Å². The Kier molecular flexibility index (Phi) is 12.0. The number of halogens is 1. The first kappa shape index (κ1) is 19.9. The summed E-state index contributed by atoms with van der Waals surface area (Å²) >= 11 is 0. The van der Waals surface area contributed by atoms with Gasteiger partial charge in [0.05, 0.1) is 19.8 Å². The van der Waals surface area contributed by atoms with Gasteiger partial charge < -0.3 is 25.8 Å². The molecule has 0 saturated heterocycles. The number of hydrogen-bond acceptors (Lipinski definition) is 4. The molecule has 0 fully saturated rings. The molecule has 6 nitrogen and oxygen atoms in total. The molecular weight excluding hydrogens is 383 g/mol. The topological polar surface area (TPSA) is 80.9 Å². The number of rotatable bonds is 9. The van der Waals surface area contributed by atoms with Crippen LogP contribution in [0.3, 0.4) is 0 Å². The number of nitrogens with one attached hydrogen (secondary N) is 2. The number of anilines is 1. The van der Waals surface area contributed by atoms with Crippen LogP contribution in [0, 0.1) is 0 Å². The van der Waals surface area contributed by atoms with Crippen molar-refractivity contribution in [1.29, 1.82) is 0 Å². The molecule has 1 aromatic carbocycles. The molecule has 7 heteroatoms. The van der Waals surface area contributed by atoms with E-state index in [0.717, 1.165) is 17.8 Å². The molecule has 0 amide bonds. The molecule has 0 heterocycles. The molecule has 0 atom stereocenters. The standard InChI is InChI=1S/C14H24N4O2.HI/c1-19-9-7-16-13-5-3-12(4-6-13)11-18-14(15)17-8-10-20-2;/h3-6,16H,7-11H2,1-2H3,(H3,15,17,18);1H. The lowest BCUT2D eigenvalue weighted by Crippen LogP contribution is -2.34. The van der Waals surface area contributed by atoms with Gasteiger partial charge in [-0.15, -0.1) is 24.0 Å². The number of guanidine groups is 1. The monoisotopic (exact) mass is 408 g/mol. The van der Waals surface area contributed by atoms with Crippen molar-refractivity contribution in [3.05, 3.63) is 29.8 Å². The highest BCUT2D eigenvalue weighted by molar-refractivity contribution is 14.0. The van der Waals surface area contributed by atoms with E-state index >= 15 is 0 Å². The zero-order valence-corrected chi connectivity index (χ0v) is 14.9. The molecule has 0 spiro atoms. The molecule has 1 aromatic rings. The van der Waals surface area contributed by atoms with E-state index in [0.29, 0.717) is 32.3 Å². The average Bonchev–Trinajstić information content (AvgIpc) is 2.47. The highest BCUT2D eigenvalue weighted by Gasteiger charge is 1.95. The second kappa shape index (κ2) is 12.7. The van der Waals surface area contributed by atoms with E-state index in [4.69, 9.17) is 15.2 Å². The number of benzene rings is 1. The third-order valence-corrected chi connectivity index (χ3v) is 2.63. The van der Waals surface area contributed by atoms with Crippen molar-refractivity contribution in [1.82, 2.24) is 5.32 Å². The van der Waals surface area contributed by atoms with Crippen LogP contribution >= 0.6 is 24.0 Å². The fourth-order valence-electron chi connectivity index (χ4n) is 1.54. The first-order valence-corrected chi connectivity index (χ1v) is 6.60. The van der Waals surface area contributed by atoms with Gasteiger partial charge in [0, 0.05) is 33.0 Å². The minimum Gasteiger partial charge on any atom is -0.383 e. The molecule has 0 aliphatic heterocycles. The smallest absolute Gasteiger partial charge is 0.188 e. The maximum atomic E-state index is 5.73. The van der Waals surface area contributed by atoms with Crippen LogP contribution in [-0.4, -0.2) is 46.5 Å². The largest absolute Gasteiger partial charge is 0.383 e. The number of ether oxygens (including phenoxy) is 2. The van der Waals surface area contributed by atoms with Crippen LogP contribution in [0.4, 0.5) is 5.69 Å². The summed E-state index contributed by atoms with van der Waals surface area (Å²) in [5.74, 6) is 0.435. The SMILES string of the molecule is COCCNC(N)=NCc1ccc(NCCOC)cc1.I. The van der Waals surface area contributed by atoms with E-state index in [2.05, 4.69) is 15.6 Å². The number of hydrogen-bond donors (Lipinski definition) is 3. The number of methoxy groups -OCH3 is 2. The highest BCUT2D eigenvalue weighted by Crippen LogP contribution is 2.09. The van der Waals surface area contributed by atoms with Crippen LogP contribution in [0.15, 0.2) is 29.3 Å². The van der Waals surface area contributed by atoms with Crippen molar-refractivity contribution in [2.24, 2.45) is 10.7 Å². The Hall–Kier alpha value is -1.06. The van der Waals surface area contributed by atoms with Crippen LogP contribution in [-0.2, 0) is 16.0 Å². The Morgan fingerprint density at radius 1 is 1.10 bits per heavy atom. The zero-order chi connectivity index (χ0) is 14.6. The summed E-state index contributed by atoms with van der Waals surface area (Å²) in [7, 11) is 3.34. The fraction of sp³-hybridized carbons (Fsp3) is 0.500. The zero-order valence-electron chi connectivity index (χ0n) is 12.6. The van der Waals surface area contributed by atoms with Gasteiger partial charge in [0.2, 0.25) is 0 Å². The van der Waals surface area contributed by atoms with Gasteiger partial charge in [0.15, 0.2) is 5.96 Å². The quantitative estimate of drug-likeness (QED) is 0.249. The summed E-state index contributed by atoms with van der Waals surface area (Å²) in [5.41, 5.74) is 7.91. The van der Waals surface area contributed by atoms with Gasteiger partial charge in [-0.2, -0.15) is 0 Å². The lowest BCUT2D eigenvalue weighted by atomic mass is 10.2. The van der Waals surface area contributed by atoms with E-state index in [9.17, 15) is 0 Å². The van der Waals surface area contributed by atoms with Crippen LogP contribution < -0.4 is 16.4 Å². The van der Waals surface area contributed by atoms with Crippen LogP contribution in [0.2, 0.25) is 0 Å². The lowest BCUT2D eigenvalue weighted by Gasteiger charge is -2.07. The third-order valence-electron chi connectivity index (χ3n) is 2.63. The van der Waals surface area contributed by atoms with E-state index in [1.54, 1.807) is 14.2 Å². The Bertz CT molecular complexity index is 398. The molecule has 0 saturated carbocycles. The van der Waals surface area contributed by atoms with Crippen molar-refractivity contribution in [2.45, 2.75) is 6.54 Å². The molecule has 120 valence electrons. The second-order valence-corrected chi connectivity index (χ2v) is 4.24. The Balaban J connectivity index is 0.00000400. The summed E-state index contributed by atoms with van der Waals surface area (Å²) in [6.45, 7) is 3.32. The third kappa shape index (κ3) is 9.48. The van der Waals surface area contributed by atoms with E-state index in [1.807, 2.05) is 24.3 Å². The summed E-state index contributed by atoms with van der Waals surface area (Å²) in [6, 6.07) is 8.10. The van der Waals surface area contributed by atoms with Gasteiger partial charge in [-0.05, 0) is 17.7 Å². The molecule has 1 rings (SSSR count).